The SMILES string of the molecule is CC1=C(C(=O)OCCCS)C(c2ccccc2F)C([N+](=O)[O-])=C(C)N1. The fourth-order valence-electron chi connectivity index (χ4n) is 2.81. The van der Waals surface area contributed by atoms with Gasteiger partial charge in [-0.25, -0.2) is 9.18 Å². The highest BCUT2D eigenvalue weighted by Gasteiger charge is 2.42. The highest BCUT2D eigenvalue weighted by molar-refractivity contribution is 7.80. The minimum atomic E-state index is -1.14. The van der Waals surface area contributed by atoms with Crippen LogP contribution in [0.25, 0.3) is 0 Å². The van der Waals surface area contributed by atoms with Crippen LogP contribution in [0.2, 0.25) is 0 Å². The number of benzene rings is 1. The lowest BCUT2D eigenvalue weighted by molar-refractivity contribution is -0.431. The number of nitrogens with zero attached hydrogens (tertiary/aromatic N) is 1. The Bertz CT molecular complexity index is 761. The first-order chi connectivity index (χ1) is 11.9. The van der Waals surface area contributed by atoms with Gasteiger partial charge in [-0.2, -0.15) is 12.6 Å². The summed E-state index contributed by atoms with van der Waals surface area (Å²) < 4.78 is 19.6. The molecule has 0 fully saturated rings. The van der Waals surface area contributed by atoms with Crippen molar-refractivity contribution in [2.75, 3.05) is 12.4 Å². The topological polar surface area (TPSA) is 81.5 Å². The van der Waals surface area contributed by atoms with E-state index in [4.69, 9.17) is 4.74 Å². The van der Waals surface area contributed by atoms with Crippen molar-refractivity contribution in [2.24, 2.45) is 0 Å². The van der Waals surface area contributed by atoms with E-state index in [1.807, 2.05) is 0 Å². The molecule has 0 aromatic heterocycles. The first-order valence-electron chi connectivity index (χ1n) is 7.73. The predicted octanol–water partition coefficient (Wildman–Crippen LogP) is 3.16. The molecule has 1 aliphatic heterocycles. The van der Waals surface area contributed by atoms with Gasteiger partial charge in [0.2, 0.25) is 0 Å². The van der Waals surface area contributed by atoms with Crippen LogP contribution in [-0.4, -0.2) is 23.3 Å². The van der Waals surface area contributed by atoms with E-state index in [0.717, 1.165) is 0 Å². The van der Waals surface area contributed by atoms with Crippen molar-refractivity contribution < 1.29 is 18.8 Å². The van der Waals surface area contributed by atoms with E-state index in [0.29, 0.717) is 17.9 Å². The van der Waals surface area contributed by atoms with E-state index in [2.05, 4.69) is 17.9 Å². The second-order valence-corrected chi connectivity index (χ2v) is 6.05. The van der Waals surface area contributed by atoms with Crippen molar-refractivity contribution in [3.63, 3.8) is 0 Å². The molecule has 0 saturated heterocycles. The van der Waals surface area contributed by atoms with Gasteiger partial charge in [-0.3, -0.25) is 10.1 Å². The Labute approximate surface area is 150 Å². The van der Waals surface area contributed by atoms with Gasteiger partial charge in [0.1, 0.15) is 11.7 Å². The maximum atomic E-state index is 14.4. The summed E-state index contributed by atoms with van der Waals surface area (Å²) >= 11 is 4.05. The number of hydrogen-bond donors (Lipinski definition) is 2. The number of nitro groups is 1. The first kappa shape index (κ1) is 19.0. The summed E-state index contributed by atoms with van der Waals surface area (Å²) in [4.78, 5) is 23.5. The third-order valence-corrected chi connectivity index (χ3v) is 4.21. The molecule has 134 valence electrons. The third-order valence-electron chi connectivity index (χ3n) is 3.89. The van der Waals surface area contributed by atoms with E-state index in [1.54, 1.807) is 13.0 Å². The van der Waals surface area contributed by atoms with Crippen LogP contribution in [0.3, 0.4) is 0 Å². The molecule has 8 heteroatoms. The zero-order valence-electron chi connectivity index (χ0n) is 13.9. The standard InChI is InChI=1S/C17H19FN2O4S/c1-10-14(17(21)24-8-5-9-25)15(12-6-3-4-7-13(12)18)16(20(22)23)11(2)19-10/h3-4,6-7,15,19,25H,5,8-9H2,1-2H3. The minimum absolute atomic E-state index is 0.0431. The molecule has 1 atom stereocenters. The monoisotopic (exact) mass is 366 g/mol. The lowest BCUT2D eigenvalue weighted by Crippen LogP contribution is -2.32. The third kappa shape index (κ3) is 4.01. The van der Waals surface area contributed by atoms with Crippen molar-refractivity contribution in [1.82, 2.24) is 5.32 Å². The van der Waals surface area contributed by atoms with Gasteiger partial charge in [-0.15, -0.1) is 0 Å². The molecule has 0 aliphatic carbocycles. The number of nitrogens with one attached hydrogen (secondary N) is 1. The van der Waals surface area contributed by atoms with Gasteiger partial charge in [-0.1, -0.05) is 18.2 Å². The Morgan fingerprint density at radius 2 is 2.04 bits per heavy atom. The minimum Gasteiger partial charge on any atom is -0.462 e. The largest absolute Gasteiger partial charge is 0.462 e. The number of carbonyl (C=O) groups is 1. The number of dihydropyridines is 1. The Morgan fingerprint density at radius 3 is 2.64 bits per heavy atom. The summed E-state index contributed by atoms with van der Waals surface area (Å²) in [7, 11) is 0. The molecule has 0 amide bonds. The summed E-state index contributed by atoms with van der Waals surface area (Å²) in [5, 5.41) is 14.4. The van der Waals surface area contributed by atoms with Gasteiger partial charge in [0.15, 0.2) is 0 Å². The van der Waals surface area contributed by atoms with Crippen LogP contribution >= 0.6 is 12.6 Å². The van der Waals surface area contributed by atoms with Crippen molar-refractivity contribution in [3.8, 4) is 0 Å². The van der Waals surface area contributed by atoms with Crippen molar-refractivity contribution in [1.29, 1.82) is 0 Å². The van der Waals surface area contributed by atoms with Gasteiger partial charge < -0.3 is 10.1 Å². The zero-order valence-corrected chi connectivity index (χ0v) is 14.8. The summed E-state index contributed by atoms with van der Waals surface area (Å²) in [5.74, 6) is -1.91. The Balaban J connectivity index is 2.54. The van der Waals surface area contributed by atoms with Crippen LogP contribution in [0, 0.1) is 15.9 Å². The number of hydrogen-bond acceptors (Lipinski definition) is 6. The molecule has 0 radical (unpaired) electrons. The van der Waals surface area contributed by atoms with E-state index in [-0.39, 0.29) is 29.1 Å². The van der Waals surface area contributed by atoms with Gasteiger partial charge >= 0.3 is 5.97 Å². The van der Waals surface area contributed by atoms with Crippen LogP contribution in [0.4, 0.5) is 4.39 Å². The Morgan fingerprint density at radius 1 is 1.36 bits per heavy atom. The van der Waals surface area contributed by atoms with Gasteiger partial charge in [0, 0.05) is 11.3 Å². The Kier molecular flexibility index (Phi) is 6.19. The van der Waals surface area contributed by atoms with Gasteiger partial charge in [-0.05, 0) is 32.1 Å². The first-order valence-corrected chi connectivity index (χ1v) is 8.37. The summed E-state index contributed by atoms with van der Waals surface area (Å²) in [6, 6.07) is 5.72. The average molecular weight is 366 g/mol. The van der Waals surface area contributed by atoms with Crippen molar-refractivity contribution in [3.05, 3.63) is 68.4 Å². The molecule has 1 heterocycles. The number of allylic oxidation sites excluding steroid dienone is 3. The molecular weight excluding hydrogens is 347 g/mol. The molecule has 0 bridgehead atoms. The molecular formula is C17H19FN2O4S. The number of ether oxygens (including phenoxy) is 1. The molecule has 2 rings (SSSR count). The van der Waals surface area contributed by atoms with Gasteiger partial charge in [0.05, 0.1) is 22.8 Å². The van der Waals surface area contributed by atoms with Crippen molar-refractivity contribution >= 4 is 18.6 Å². The van der Waals surface area contributed by atoms with Crippen LogP contribution < -0.4 is 5.32 Å². The lowest BCUT2D eigenvalue weighted by atomic mass is 9.84. The van der Waals surface area contributed by atoms with Crippen molar-refractivity contribution in [2.45, 2.75) is 26.2 Å². The quantitative estimate of drug-likeness (QED) is 0.266. The normalized spacial score (nSPS) is 17.4. The fraction of sp³-hybridized carbons (Fsp3) is 0.353. The highest BCUT2D eigenvalue weighted by atomic mass is 32.1. The molecule has 0 spiro atoms. The maximum absolute atomic E-state index is 14.4. The highest BCUT2D eigenvalue weighted by Crippen LogP contribution is 2.39. The average Bonchev–Trinajstić information content (AvgIpc) is 2.54. The summed E-state index contributed by atoms with van der Waals surface area (Å²) in [5.41, 5.74) is 0.517. The van der Waals surface area contributed by atoms with Crippen LogP contribution in [0.5, 0.6) is 0 Å². The van der Waals surface area contributed by atoms with Crippen LogP contribution in [0.1, 0.15) is 31.7 Å². The lowest BCUT2D eigenvalue weighted by Gasteiger charge is -2.26. The molecule has 25 heavy (non-hydrogen) atoms. The molecule has 1 N–H and O–H groups in total. The molecule has 1 aliphatic rings. The van der Waals surface area contributed by atoms with E-state index >= 15 is 0 Å². The fourth-order valence-corrected chi connectivity index (χ4v) is 2.94. The van der Waals surface area contributed by atoms with Gasteiger partial charge in [0.25, 0.3) is 5.70 Å². The van der Waals surface area contributed by atoms with E-state index in [9.17, 15) is 19.3 Å². The second kappa shape index (κ2) is 8.15. The number of rotatable bonds is 6. The smallest absolute Gasteiger partial charge is 0.336 e. The molecule has 6 nitrogen and oxygen atoms in total. The molecule has 0 saturated carbocycles. The maximum Gasteiger partial charge on any atom is 0.336 e. The summed E-state index contributed by atoms with van der Waals surface area (Å²) in [6.45, 7) is 3.28. The predicted molar refractivity (Wildman–Crippen MR) is 94.1 cm³/mol. The number of carbonyl (C=O) groups excluding carboxylic acids is 1. The van der Waals surface area contributed by atoms with Crippen LogP contribution in [-0.2, 0) is 9.53 Å². The second-order valence-electron chi connectivity index (χ2n) is 5.60. The summed E-state index contributed by atoms with van der Waals surface area (Å²) in [6.07, 6.45) is 0.552. The van der Waals surface area contributed by atoms with E-state index < -0.39 is 22.6 Å². The molecule has 1 unspecified atom stereocenters. The van der Waals surface area contributed by atoms with Crippen LogP contribution in [0.15, 0.2) is 46.9 Å². The number of esters is 1. The number of halogens is 1. The Hall–Kier alpha value is -2.35. The van der Waals surface area contributed by atoms with E-state index in [1.165, 1.54) is 25.1 Å². The molecule has 1 aromatic rings. The zero-order chi connectivity index (χ0) is 18.6. The molecule has 1 aromatic carbocycles. The number of thiol groups is 1.